The Kier molecular flexibility index (Phi) is 6.91. The number of nitrogens with two attached hydrogens (primary N) is 1. The van der Waals surface area contributed by atoms with Gasteiger partial charge in [0, 0.05) is 43.2 Å². The first-order valence-corrected chi connectivity index (χ1v) is 10.9. The molecule has 0 saturated carbocycles. The van der Waals surface area contributed by atoms with Crippen LogP contribution in [0.3, 0.4) is 0 Å². The maximum absolute atomic E-state index is 13.2. The molecule has 3 aromatic rings. The van der Waals surface area contributed by atoms with E-state index in [0.29, 0.717) is 25.8 Å². The van der Waals surface area contributed by atoms with Gasteiger partial charge in [0.25, 0.3) is 0 Å². The minimum absolute atomic E-state index is 0.154. The number of aromatic amines is 1. The van der Waals surface area contributed by atoms with Gasteiger partial charge >= 0.3 is 0 Å². The van der Waals surface area contributed by atoms with Crippen LogP contribution in [-0.2, 0) is 22.4 Å². The van der Waals surface area contributed by atoms with E-state index in [1.165, 1.54) is 0 Å². The van der Waals surface area contributed by atoms with Crippen LogP contribution in [0.1, 0.15) is 35.8 Å². The smallest absolute Gasteiger partial charge is 0.241 e. The summed E-state index contributed by atoms with van der Waals surface area (Å²) in [5.41, 5.74) is 8.95. The Morgan fingerprint density at radius 3 is 2.72 bits per heavy atom. The Morgan fingerprint density at radius 1 is 1.22 bits per heavy atom. The molecule has 0 spiro atoms. The lowest BCUT2D eigenvalue weighted by Crippen LogP contribution is -2.53. The maximum atomic E-state index is 13.2. The monoisotopic (exact) mass is 432 g/mol. The van der Waals surface area contributed by atoms with Crippen molar-refractivity contribution in [1.82, 2.24) is 24.8 Å². The van der Waals surface area contributed by atoms with Gasteiger partial charge in [0.05, 0.1) is 18.4 Å². The molecule has 32 heavy (non-hydrogen) atoms. The second kappa shape index (κ2) is 10.2. The predicted molar refractivity (Wildman–Crippen MR) is 120 cm³/mol. The number of nitrogens with zero attached hydrogens (tertiary/aromatic N) is 4. The lowest BCUT2D eigenvalue weighted by Gasteiger charge is -2.39. The van der Waals surface area contributed by atoms with Gasteiger partial charge in [0.1, 0.15) is 6.17 Å². The molecule has 0 unspecified atom stereocenters. The van der Waals surface area contributed by atoms with Crippen LogP contribution in [0.15, 0.2) is 67.3 Å². The molecule has 2 amide bonds. The van der Waals surface area contributed by atoms with Crippen molar-refractivity contribution in [3.05, 3.63) is 84.2 Å². The van der Waals surface area contributed by atoms with E-state index in [2.05, 4.69) is 15.0 Å². The standard InChI is InChI=1S/C24H28N6O2/c25-21(13-20-15-26-16-28-20)24(32)29-12-6-10-23(29)30(17-31)22(18-7-2-1-3-8-18)14-19-9-4-5-11-27-19/h1-5,7-9,11,15-17,21-23H,6,10,12-14,25H2,(H,26,28)/t21-,22-,23+/m0/s1. The normalized spacial score (nSPS) is 17.7. The van der Waals surface area contributed by atoms with Gasteiger partial charge in [-0.05, 0) is 30.5 Å². The lowest BCUT2D eigenvalue weighted by molar-refractivity contribution is -0.141. The molecule has 0 aliphatic carbocycles. The summed E-state index contributed by atoms with van der Waals surface area (Å²) < 4.78 is 0. The topological polar surface area (TPSA) is 108 Å². The summed E-state index contributed by atoms with van der Waals surface area (Å²) >= 11 is 0. The van der Waals surface area contributed by atoms with Gasteiger partial charge in [-0.2, -0.15) is 0 Å². The fourth-order valence-corrected chi connectivity index (χ4v) is 4.39. The first-order valence-electron chi connectivity index (χ1n) is 10.9. The van der Waals surface area contributed by atoms with Crippen LogP contribution < -0.4 is 5.73 Å². The zero-order valence-corrected chi connectivity index (χ0v) is 17.9. The van der Waals surface area contributed by atoms with Crippen molar-refractivity contribution in [3.63, 3.8) is 0 Å². The number of imidazole rings is 1. The van der Waals surface area contributed by atoms with Crippen molar-refractivity contribution in [2.75, 3.05) is 6.54 Å². The molecule has 8 heteroatoms. The molecule has 0 bridgehead atoms. The summed E-state index contributed by atoms with van der Waals surface area (Å²) in [5.74, 6) is -0.154. The first kappa shape index (κ1) is 21.7. The number of benzene rings is 1. The van der Waals surface area contributed by atoms with Gasteiger partial charge in [-0.1, -0.05) is 36.4 Å². The fourth-order valence-electron chi connectivity index (χ4n) is 4.39. The fraction of sp³-hybridized carbons (Fsp3) is 0.333. The molecular formula is C24H28N6O2. The molecule has 1 fully saturated rings. The van der Waals surface area contributed by atoms with Crippen LogP contribution in [0, 0.1) is 0 Å². The second-order valence-electron chi connectivity index (χ2n) is 8.05. The van der Waals surface area contributed by atoms with E-state index in [-0.39, 0.29) is 18.1 Å². The molecule has 1 aliphatic rings. The third-order valence-corrected chi connectivity index (χ3v) is 5.95. The van der Waals surface area contributed by atoms with Gasteiger partial charge in [0.2, 0.25) is 12.3 Å². The zero-order valence-electron chi connectivity index (χ0n) is 17.9. The van der Waals surface area contributed by atoms with Crippen LogP contribution >= 0.6 is 0 Å². The van der Waals surface area contributed by atoms with Gasteiger partial charge in [0.15, 0.2) is 0 Å². The number of carbonyl (C=O) groups is 2. The average molecular weight is 433 g/mol. The Labute approximate surface area is 187 Å². The lowest BCUT2D eigenvalue weighted by atomic mass is 9.99. The maximum Gasteiger partial charge on any atom is 0.241 e. The van der Waals surface area contributed by atoms with E-state index in [4.69, 9.17) is 5.73 Å². The van der Waals surface area contributed by atoms with Gasteiger partial charge in [-0.15, -0.1) is 0 Å². The number of amides is 2. The van der Waals surface area contributed by atoms with Crippen molar-refractivity contribution in [2.24, 2.45) is 5.73 Å². The number of carbonyl (C=O) groups excluding carboxylic acids is 2. The molecule has 0 radical (unpaired) electrons. The van der Waals surface area contributed by atoms with Gasteiger partial charge in [-0.25, -0.2) is 4.98 Å². The Bertz CT molecular complexity index is 996. The molecular weight excluding hydrogens is 404 g/mol. The van der Waals surface area contributed by atoms with E-state index >= 15 is 0 Å². The highest BCUT2D eigenvalue weighted by Gasteiger charge is 2.38. The molecule has 3 heterocycles. The number of likely N-dealkylation sites (tertiary alicyclic amines) is 1. The molecule has 2 aromatic heterocycles. The molecule has 3 atom stereocenters. The summed E-state index contributed by atoms with van der Waals surface area (Å²) in [5, 5.41) is 0. The van der Waals surface area contributed by atoms with Gasteiger partial charge < -0.3 is 20.5 Å². The highest BCUT2D eigenvalue weighted by atomic mass is 16.2. The Morgan fingerprint density at radius 2 is 2.03 bits per heavy atom. The molecule has 8 nitrogen and oxygen atoms in total. The van der Waals surface area contributed by atoms with Crippen LogP contribution in [-0.4, -0.2) is 55.8 Å². The zero-order chi connectivity index (χ0) is 22.3. The number of aromatic nitrogens is 3. The van der Waals surface area contributed by atoms with Crippen molar-refractivity contribution in [3.8, 4) is 0 Å². The van der Waals surface area contributed by atoms with Crippen molar-refractivity contribution >= 4 is 12.3 Å². The number of H-pyrrole nitrogens is 1. The quantitative estimate of drug-likeness (QED) is 0.503. The number of nitrogens with one attached hydrogen (secondary N) is 1. The number of hydrogen-bond donors (Lipinski definition) is 2. The minimum Gasteiger partial charge on any atom is -0.348 e. The summed E-state index contributed by atoms with van der Waals surface area (Å²) in [7, 11) is 0. The highest BCUT2D eigenvalue weighted by molar-refractivity contribution is 5.82. The van der Waals surface area contributed by atoms with E-state index in [9.17, 15) is 9.59 Å². The number of pyridine rings is 1. The van der Waals surface area contributed by atoms with E-state index < -0.39 is 6.04 Å². The molecule has 1 saturated heterocycles. The van der Waals surface area contributed by atoms with Crippen molar-refractivity contribution in [2.45, 2.75) is 43.9 Å². The average Bonchev–Trinajstić information content (AvgIpc) is 3.52. The number of rotatable bonds is 9. The summed E-state index contributed by atoms with van der Waals surface area (Å²) in [6, 6.07) is 14.7. The SMILES string of the molecule is N[C@@H](Cc1cnc[nH]1)C(=O)N1CCC[C@H]1N(C=O)[C@@H](Cc1ccccn1)c1ccccc1. The molecule has 1 aliphatic heterocycles. The number of hydrogen-bond acceptors (Lipinski definition) is 5. The van der Waals surface area contributed by atoms with Crippen molar-refractivity contribution in [1.29, 1.82) is 0 Å². The second-order valence-corrected chi connectivity index (χ2v) is 8.05. The largest absolute Gasteiger partial charge is 0.348 e. The Balaban J connectivity index is 1.58. The molecule has 3 N–H and O–H groups in total. The van der Waals surface area contributed by atoms with Crippen LogP contribution in [0.5, 0.6) is 0 Å². The Hall–Kier alpha value is -3.52. The highest BCUT2D eigenvalue weighted by Crippen LogP contribution is 2.31. The summed E-state index contributed by atoms with van der Waals surface area (Å²) in [6.07, 6.45) is 7.98. The van der Waals surface area contributed by atoms with E-state index in [0.717, 1.165) is 29.8 Å². The van der Waals surface area contributed by atoms with E-state index in [1.54, 1.807) is 28.5 Å². The van der Waals surface area contributed by atoms with Crippen LogP contribution in [0.4, 0.5) is 0 Å². The molecule has 4 rings (SSSR count). The first-order chi connectivity index (χ1) is 15.7. The summed E-state index contributed by atoms with van der Waals surface area (Å²) in [6.45, 7) is 0.579. The third-order valence-electron chi connectivity index (χ3n) is 5.95. The molecule has 1 aromatic carbocycles. The minimum atomic E-state index is -0.699. The van der Waals surface area contributed by atoms with E-state index in [1.807, 2.05) is 48.5 Å². The van der Waals surface area contributed by atoms with Crippen LogP contribution in [0.2, 0.25) is 0 Å². The molecule has 166 valence electrons. The third kappa shape index (κ3) is 4.86. The predicted octanol–water partition coefficient (Wildman–Crippen LogP) is 2.07. The van der Waals surface area contributed by atoms with Gasteiger partial charge in [-0.3, -0.25) is 14.6 Å². The summed E-state index contributed by atoms with van der Waals surface area (Å²) in [4.78, 5) is 40.6. The van der Waals surface area contributed by atoms with Crippen molar-refractivity contribution < 1.29 is 9.59 Å². The van der Waals surface area contributed by atoms with Crippen LogP contribution in [0.25, 0.3) is 0 Å².